The van der Waals surface area contributed by atoms with E-state index in [2.05, 4.69) is 32.6 Å². The molecule has 0 amide bonds. The second kappa shape index (κ2) is 2.96. The van der Waals surface area contributed by atoms with Gasteiger partial charge in [0.1, 0.15) is 0 Å². The molecule has 0 aliphatic carbocycles. The van der Waals surface area contributed by atoms with Crippen molar-refractivity contribution in [1.29, 1.82) is 0 Å². The number of hydrogen-bond donors (Lipinski definition) is 0. The van der Waals surface area contributed by atoms with Crippen LogP contribution in [0.15, 0.2) is 0 Å². The molecule has 3 aliphatic rings. The van der Waals surface area contributed by atoms with Crippen molar-refractivity contribution >= 4 is 0 Å². The zero-order valence-corrected chi connectivity index (χ0v) is 9.21. The molecule has 76 valence electrons. The molecule has 2 bridgehead atoms. The molecule has 0 aromatic heterocycles. The predicted octanol–water partition coefficient (Wildman–Crippen LogP) is 1.89. The molecule has 0 aromatic rings. The van der Waals surface area contributed by atoms with Gasteiger partial charge in [-0.3, -0.25) is 4.90 Å². The van der Waals surface area contributed by atoms with Crippen molar-refractivity contribution in [3.63, 3.8) is 0 Å². The Hall–Kier alpha value is -0.0800. The van der Waals surface area contributed by atoms with E-state index in [1.54, 1.807) is 0 Å². The maximum Gasteiger partial charge on any atom is 0.0731 e. The molecule has 0 N–H and O–H groups in total. The quantitative estimate of drug-likeness (QED) is 0.648. The standard InChI is InChI=1S/C11H21NO/c1-8(2)11(3,4)12-6-9-5-10(7-12)13-9/h8-10H,5-7H2,1-4H3. The highest BCUT2D eigenvalue weighted by atomic mass is 16.5. The molecule has 2 unspecified atom stereocenters. The Labute approximate surface area is 81.3 Å². The van der Waals surface area contributed by atoms with Gasteiger partial charge in [-0.2, -0.15) is 0 Å². The molecular formula is C11H21NO. The first-order valence-electron chi connectivity index (χ1n) is 5.40. The Bertz CT molecular complexity index is 184. The summed E-state index contributed by atoms with van der Waals surface area (Å²) in [5.41, 5.74) is 0.334. The highest BCUT2D eigenvalue weighted by Crippen LogP contribution is 2.34. The van der Waals surface area contributed by atoms with Crippen LogP contribution in [0.2, 0.25) is 0 Å². The number of hydrogen-bond acceptors (Lipinski definition) is 2. The van der Waals surface area contributed by atoms with Gasteiger partial charge in [-0.25, -0.2) is 0 Å². The van der Waals surface area contributed by atoms with Gasteiger partial charge >= 0.3 is 0 Å². The minimum Gasteiger partial charge on any atom is -0.372 e. The minimum absolute atomic E-state index is 0.334. The molecule has 2 nitrogen and oxygen atoms in total. The van der Waals surface area contributed by atoms with Crippen LogP contribution in [0.25, 0.3) is 0 Å². The number of piperidine rings is 1. The molecule has 0 aromatic carbocycles. The van der Waals surface area contributed by atoms with E-state index in [0.29, 0.717) is 23.7 Å². The number of nitrogens with zero attached hydrogens (tertiary/aromatic N) is 1. The fourth-order valence-electron chi connectivity index (χ4n) is 2.19. The molecular weight excluding hydrogens is 162 g/mol. The van der Waals surface area contributed by atoms with E-state index in [9.17, 15) is 0 Å². The van der Waals surface area contributed by atoms with Crippen molar-refractivity contribution in [3.8, 4) is 0 Å². The van der Waals surface area contributed by atoms with E-state index in [-0.39, 0.29) is 0 Å². The molecule has 3 rings (SSSR count). The van der Waals surface area contributed by atoms with Crippen molar-refractivity contribution in [2.24, 2.45) is 5.92 Å². The molecule has 3 aliphatic heterocycles. The van der Waals surface area contributed by atoms with Crippen molar-refractivity contribution in [2.75, 3.05) is 13.1 Å². The summed E-state index contributed by atoms with van der Waals surface area (Å²) in [6, 6.07) is 0. The van der Waals surface area contributed by atoms with Crippen LogP contribution in [0.4, 0.5) is 0 Å². The van der Waals surface area contributed by atoms with Crippen LogP contribution in [0, 0.1) is 5.92 Å². The highest BCUT2D eigenvalue weighted by Gasteiger charge is 2.43. The first kappa shape index (κ1) is 9.47. The summed E-state index contributed by atoms with van der Waals surface area (Å²) in [6.45, 7) is 11.6. The second-order valence-corrected chi connectivity index (χ2v) is 5.33. The first-order chi connectivity index (χ1) is 6.00. The maximum atomic E-state index is 5.64. The summed E-state index contributed by atoms with van der Waals surface area (Å²) < 4.78 is 5.64. The van der Waals surface area contributed by atoms with E-state index in [0.717, 1.165) is 13.1 Å². The lowest BCUT2D eigenvalue weighted by Crippen LogP contribution is -2.63. The van der Waals surface area contributed by atoms with Gasteiger partial charge in [0.2, 0.25) is 0 Å². The van der Waals surface area contributed by atoms with Crippen LogP contribution in [0.1, 0.15) is 34.1 Å². The zero-order chi connectivity index (χ0) is 9.64. The molecule has 13 heavy (non-hydrogen) atoms. The fraction of sp³-hybridized carbons (Fsp3) is 1.00. The Balaban J connectivity index is 2.00. The lowest BCUT2D eigenvalue weighted by Gasteiger charge is -2.53. The topological polar surface area (TPSA) is 12.5 Å². The maximum absolute atomic E-state index is 5.64. The van der Waals surface area contributed by atoms with Crippen LogP contribution in [-0.2, 0) is 4.74 Å². The summed E-state index contributed by atoms with van der Waals surface area (Å²) in [5, 5.41) is 0. The van der Waals surface area contributed by atoms with E-state index < -0.39 is 0 Å². The second-order valence-electron chi connectivity index (χ2n) is 5.33. The molecule has 0 saturated carbocycles. The minimum atomic E-state index is 0.334. The SMILES string of the molecule is CC(C)C(C)(C)N1CC2CC(C1)O2. The van der Waals surface area contributed by atoms with Crippen molar-refractivity contribution in [3.05, 3.63) is 0 Å². The molecule has 3 fully saturated rings. The molecule has 2 atom stereocenters. The van der Waals surface area contributed by atoms with Crippen LogP contribution in [0.3, 0.4) is 0 Å². The van der Waals surface area contributed by atoms with E-state index >= 15 is 0 Å². The van der Waals surface area contributed by atoms with Gasteiger partial charge in [-0.05, 0) is 19.8 Å². The summed E-state index contributed by atoms with van der Waals surface area (Å²) in [4.78, 5) is 2.60. The summed E-state index contributed by atoms with van der Waals surface area (Å²) >= 11 is 0. The summed E-state index contributed by atoms with van der Waals surface area (Å²) in [6.07, 6.45) is 2.37. The number of morpholine rings is 1. The summed E-state index contributed by atoms with van der Waals surface area (Å²) in [7, 11) is 0. The van der Waals surface area contributed by atoms with Gasteiger partial charge in [0.15, 0.2) is 0 Å². The fourth-order valence-corrected chi connectivity index (χ4v) is 2.19. The molecule has 0 radical (unpaired) electrons. The summed E-state index contributed by atoms with van der Waals surface area (Å²) in [5.74, 6) is 0.713. The molecule has 0 spiro atoms. The van der Waals surface area contributed by atoms with Gasteiger partial charge in [-0.15, -0.1) is 0 Å². The van der Waals surface area contributed by atoms with Gasteiger partial charge in [-0.1, -0.05) is 13.8 Å². The van der Waals surface area contributed by atoms with Crippen LogP contribution < -0.4 is 0 Å². The largest absolute Gasteiger partial charge is 0.372 e. The average molecular weight is 183 g/mol. The third kappa shape index (κ3) is 1.50. The normalized spacial score (nSPS) is 34.8. The van der Waals surface area contributed by atoms with Crippen molar-refractivity contribution < 1.29 is 4.74 Å². The highest BCUT2D eigenvalue weighted by molar-refractivity contribution is 4.96. The third-order valence-electron chi connectivity index (χ3n) is 3.99. The molecule has 3 saturated heterocycles. The molecule has 2 heteroatoms. The smallest absolute Gasteiger partial charge is 0.0731 e. The first-order valence-corrected chi connectivity index (χ1v) is 5.40. The Morgan fingerprint density at radius 3 is 2.08 bits per heavy atom. The van der Waals surface area contributed by atoms with Crippen molar-refractivity contribution in [1.82, 2.24) is 4.90 Å². The van der Waals surface area contributed by atoms with Crippen LogP contribution in [0.5, 0.6) is 0 Å². The van der Waals surface area contributed by atoms with Crippen LogP contribution in [-0.4, -0.2) is 35.7 Å². The number of fused-ring (bicyclic) bond motifs is 2. The monoisotopic (exact) mass is 183 g/mol. The van der Waals surface area contributed by atoms with Gasteiger partial charge in [0, 0.05) is 25.0 Å². The van der Waals surface area contributed by atoms with E-state index in [1.165, 1.54) is 6.42 Å². The van der Waals surface area contributed by atoms with E-state index in [1.807, 2.05) is 0 Å². The Morgan fingerprint density at radius 2 is 1.69 bits per heavy atom. The Morgan fingerprint density at radius 1 is 1.23 bits per heavy atom. The Kier molecular flexibility index (Phi) is 2.16. The van der Waals surface area contributed by atoms with E-state index in [4.69, 9.17) is 4.74 Å². The lowest BCUT2D eigenvalue weighted by atomic mass is 9.85. The average Bonchev–Trinajstić information content (AvgIpc) is 2.03. The van der Waals surface area contributed by atoms with Crippen molar-refractivity contribution in [2.45, 2.75) is 51.9 Å². The zero-order valence-electron chi connectivity index (χ0n) is 9.21. The van der Waals surface area contributed by atoms with Gasteiger partial charge < -0.3 is 4.74 Å². The predicted molar refractivity (Wildman–Crippen MR) is 53.8 cm³/mol. The number of ether oxygens (including phenoxy) is 1. The van der Waals surface area contributed by atoms with Crippen LogP contribution >= 0.6 is 0 Å². The van der Waals surface area contributed by atoms with Gasteiger partial charge in [0.05, 0.1) is 12.2 Å². The number of rotatable bonds is 2. The van der Waals surface area contributed by atoms with Gasteiger partial charge in [0.25, 0.3) is 0 Å². The lowest BCUT2D eigenvalue weighted by molar-refractivity contribution is -0.200. The molecule has 3 heterocycles. The third-order valence-corrected chi connectivity index (χ3v) is 3.99.